The molecule has 1 N–H and O–H groups in total. The molecule has 0 bridgehead atoms. The molecular weight excluding hydrogens is 301 g/mol. The number of halogens is 1. The number of rotatable bonds is 7. The van der Waals surface area contributed by atoms with Crippen molar-refractivity contribution in [1.82, 2.24) is 15.1 Å². The summed E-state index contributed by atoms with van der Waals surface area (Å²) in [7, 11) is 1.58. The summed E-state index contributed by atoms with van der Waals surface area (Å²) in [4.78, 5) is 23.6. The van der Waals surface area contributed by atoms with Crippen LogP contribution in [0, 0.1) is 5.82 Å². The van der Waals surface area contributed by atoms with E-state index in [2.05, 4.69) is 10.4 Å². The van der Waals surface area contributed by atoms with E-state index in [-0.39, 0.29) is 18.0 Å². The molecular formula is C16H18FN3O3. The van der Waals surface area contributed by atoms with Crippen LogP contribution in [0.15, 0.2) is 41.2 Å². The highest BCUT2D eigenvalue weighted by atomic mass is 19.1. The minimum absolute atomic E-state index is 0.214. The zero-order valence-corrected chi connectivity index (χ0v) is 12.8. The Bertz CT molecular complexity index is 731. The Balaban J connectivity index is 2.11. The predicted octanol–water partition coefficient (Wildman–Crippen LogP) is 1.20. The number of carbonyl (C=O) groups excluding carboxylic acids is 1. The predicted molar refractivity (Wildman–Crippen MR) is 83.4 cm³/mol. The highest BCUT2D eigenvalue weighted by molar-refractivity contribution is 5.75. The second-order valence-electron chi connectivity index (χ2n) is 4.89. The molecule has 122 valence electrons. The van der Waals surface area contributed by atoms with Gasteiger partial charge in [-0.25, -0.2) is 9.07 Å². The highest BCUT2D eigenvalue weighted by Crippen LogP contribution is 2.18. The van der Waals surface area contributed by atoms with Crippen molar-refractivity contribution in [1.29, 1.82) is 0 Å². The maximum Gasteiger partial charge on any atom is 0.267 e. The van der Waals surface area contributed by atoms with Crippen LogP contribution < -0.4 is 10.9 Å². The van der Waals surface area contributed by atoms with Gasteiger partial charge in [0.25, 0.3) is 5.56 Å². The zero-order chi connectivity index (χ0) is 16.7. The largest absolute Gasteiger partial charge is 0.385 e. The van der Waals surface area contributed by atoms with Gasteiger partial charge in [0.15, 0.2) is 0 Å². The van der Waals surface area contributed by atoms with Crippen LogP contribution in [0.2, 0.25) is 0 Å². The monoisotopic (exact) mass is 319 g/mol. The van der Waals surface area contributed by atoms with Crippen LogP contribution in [0.4, 0.5) is 4.39 Å². The first-order chi connectivity index (χ1) is 11.1. The number of benzene rings is 1. The Morgan fingerprint density at radius 3 is 2.83 bits per heavy atom. The van der Waals surface area contributed by atoms with Gasteiger partial charge in [-0.3, -0.25) is 9.59 Å². The maximum absolute atomic E-state index is 13.8. The SMILES string of the molecule is COCCCNC(=O)Cn1nc(-c2ccccc2F)ccc1=O. The maximum atomic E-state index is 13.8. The summed E-state index contributed by atoms with van der Waals surface area (Å²) >= 11 is 0. The molecule has 0 aliphatic rings. The Labute approximate surface area is 132 Å². The number of amides is 1. The molecule has 0 fully saturated rings. The van der Waals surface area contributed by atoms with E-state index in [1.807, 2.05) is 0 Å². The summed E-state index contributed by atoms with van der Waals surface area (Å²) in [5.41, 5.74) is 0.161. The number of hydrogen-bond donors (Lipinski definition) is 1. The van der Waals surface area contributed by atoms with Gasteiger partial charge in [0.05, 0.1) is 5.69 Å². The second kappa shape index (κ2) is 8.19. The summed E-state index contributed by atoms with van der Waals surface area (Å²) in [5, 5.41) is 6.74. The molecule has 1 amide bonds. The van der Waals surface area contributed by atoms with E-state index in [0.29, 0.717) is 25.3 Å². The van der Waals surface area contributed by atoms with Crippen molar-refractivity contribution in [2.24, 2.45) is 0 Å². The number of carbonyl (C=O) groups is 1. The summed E-state index contributed by atoms with van der Waals surface area (Å²) in [6.45, 7) is 0.782. The van der Waals surface area contributed by atoms with E-state index in [9.17, 15) is 14.0 Å². The first-order valence-corrected chi connectivity index (χ1v) is 7.20. The number of methoxy groups -OCH3 is 1. The summed E-state index contributed by atoms with van der Waals surface area (Å²) < 4.78 is 19.7. The van der Waals surface area contributed by atoms with Crippen LogP contribution in [-0.4, -0.2) is 35.9 Å². The molecule has 0 atom stereocenters. The molecule has 7 heteroatoms. The third-order valence-corrected chi connectivity index (χ3v) is 3.16. The molecule has 1 aromatic carbocycles. The molecule has 2 rings (SSSR count). The van der Waals surface area contributed by atoms with Gasteiger partial charge in [-0.15, -0.1) is 0 Å². The third kappa shape index (κ3) is 4.72. The fourth-order valence-corrected chi connectivity index (χ4v) is 2.01. The molecule has 0 radical (unpaired) electrons. The van der Waals surface area contributed by atoms with Crippen LogP contribution in [0.25, 0.3) is 11.3 Å². The van der Waals surface area contributed by atoms with Crippen LogP contribution in [0.5, 0.6) is 0 Å². The van der Waals surface area contributed by atoms with Crippen LogP contribution in [-0.2, 0) is 16.1 Å². The number of nitrogens with zero attached hydrogens (tertiary/aromatic N) is 2. The number of aromatic nitrogens is 2. The third-order valence-electron chi connectivity index (χ3n) is 3.16. The lowest BCUT2D eigenvalue weighted by Crippen LogP contribution is -2.34. The summed E-state index contributed by atoms with van der Waals surface area (Å²) in [6.07, 6.45) is 0.680. The Morgan fingerprint density at radius 2 is 2.09 bits per heavy atom. The van der Waals surface area contributed by atoms with Crippen molar-refractivity contribution in [2.75, 3.05) is 20.3 Å². The number of nitrogens with one attached hydrogen (secondary N) is 1. The molecule has 0 aliphatic carbocycles. The molecule has 6 nitrogen and oxygen atoms in total. The molecule has 0 aliphatic heterocycles. The van der Waals surface area contributed by atoms with Gasteiger partial charge in [-0.1, -0.05) is 12.1 Å². The second-order valence-corrected chi connectivity index (χ2v) is 4.89. The van der Waals surface area contributed by atoms with Gasteiger partial charge in [0, 0.05) is 31.9 Å². The average Bonchev–Trinajstić information content (AvgIpc) is 2.54. The molecule has 0 spiro atoms. The fourth-order valence-electron chi connectivity index (χ4n) is 2.01. The normalized spacial score (nSPS) is 10.5. The van der Waals surface area contributed by atoms with E-state index in [1.54, 1.807) is 25.3 Å². The molecule has 23 heavy (non-hydrogen) atoms. The van der Waals surface area contributed by atoms with Crippen molar-refractivity contribution in [3.8, 4) is 11.3 Å². The zero-order valence-electron chi connectivity index (χ0n) is 12.8. The summed E-state index contributed by atoms with van der Waals surface area (Å²) in [5.74, 6) is -0.768. The van der Waals surface area contributed by atoms with E-state index in [4.69, 9.17) is 4.74 Å². The topological polar surface area (TPSA) is 73.2 Å². The van der Waals surface area contributed by atoms with Crippen LogP contribution in [0.3, 0.4) is 0 Å². The van der Waals surface area contributed by atoms with E-state index < -0.39 is 11.4 Å². The highest BCUT2D eigenvalue weighted by Gasteiger charge is 2.10. The molecule has 2 aromatic rings. The Hall–Kier alpha value is -2.54. The minimum Gasteiger partial charge on any atom is -0.385 e. The van der Waals surface area contributed by atoms with Gasteiger partial charge in [-0.05, 0) is 24.6 Å². The van der Waals surface area contributed by atoms with Gasteiger partial charge in [-0.2, -0.15) is 5.10 Å². The lowest BCUT2D eigenvalue weighted by atomic mass is 10.1. The molecule has 0 saturated carbocycles. The standard InChI is InChI=1S/C16H18FN3O3/c1-23-10-4-9-18-15(21)11-20-16(22)8-7-14(19-20)12-5-2-3-6-13(12)17/h2-3,5-8H,4,9-11H2,1H3,(H,18,21). The van der Waals surface area contributed by atoms with E-state index >= 15 is 0 Å². The summed E-state index contributed by atoms with van der Waals surface area (Å²) in [6, 6.07) is 8.84. The Morgan fingerprint density at radius 1 is 1.30 bits per heavy atom. The molecule has 1 heterocycles. The minimum atomic E-state index is -0.436. The van der Waals surface area contributed by atoms with Gasteiger partial charge in [0.1, 0.15) is 12.4 Å². The van der Waals surface area contributed by atoms with Crippen molar-refractivity contribution >= 4 is 5.91 Å². The van der Waals surface area contributed by atoms with Crippen molar-refractivity contribution in [2.45, 2.75) is 13.0 Å². The van der Waals surface area contributed by atoms with E-state index in [0.717, 1.165) is 4.68 Å². The van der Waals surface area contributed by atoms with E-state index in [1.165, 1.54) is 18.2 Å². The number of ether oxygens (including phenoxy) is 1. The molecule has 1 aromatic heterocycles. The first kappa shape index (κ1) is 16.8. The van der Waals surface area contributed by atoms with Crippen molar-refractivity contribution < 1.29 is 13.9 Å². The molecule has 0 saturated heterocycles. The van der Waals surface area contributed by atoms with Gasteiger partial charge in [0.2, 0.25) is 5.91 Å². The fraction of sp³-hybridized carbons (Fsp3) is 0.312. The smallest absolute Gasteiger partial charge is 0.267 e. The quantitative estimate of drug-likeness (QED) is 0.778. The average molecular weight is 319 g/mol. The number of hydrogen-bond acceptors (Lipinski definition) is 4. The molecule has 0 unspecified atom stereocenters. The van der Waals surface area contributed by atoms with Gasteiger partial charge >= 0.3 is 0 Å². The first-order valence-electron chi connectivity index (χ1n) is 7.20. The van der Waals surface area contributed by atoms with Crippen molar-refractivity contribution in [3.63, 3.8) is 0 Å². The lowest BCUT2D eigenvalue weighted by Gasteiger charge is -2.08. The lowest BCUT2D eigenvalue weighted by molar-refractivity contribution is -0.121. The van der Waals surface area contributed by atoms with Crippen LogP contribution >= 0.6 is 0 Å². The van der Waals surface area contributed by atoms with Crippen LogP contribution in [0.1, 0.15) is 6.42 Å². The van der Waals surface area contributed by atoms with Gasteiger partial charge < -0.3 is 10.1 Å². The Kier molecular flexibility index (Phi) is 5.99. The van der Waals surface area contributed by atoms with Crippen molar-refractivity contribution in [3.05, 3.63) is 52.6 Å².